The molecule has 0 saturated carbocycles. The highest BCUT2D eigenvalue weighted by Crippen LogP contribution is 2.22. The molecule has 0 radical (unpaired) electrons. The number of nitrogens with zero attached hydrogens (tertiary/aromatic N) is 1. The fourth-order valence-corrected chi connectivity index (χ4v) is 2.16. The van der Waals surface area contributed by atoms with Crippen LogP contribution in [0.5, 0.6) is 0 Å². The fraction of sp³-hybridized carbons (Fsp3) is 0. The molecular formula is C13H7F2IN2O3. The molecule has 0 fully saturated rings. The Labute approximate surface area is 131 Å². The van der Waals surface area contributed by atoms with Crippen LogP contribution in [0.3, 0.4) is 0 Å². The third-order valence-electron chi connectivity index (χ3n) is 2.58. The molecule has 2 aromatic rings. The predicted molar refractivity (Wildman–Crippen MR) is 80.1 cm³/mol. The van der Waals surface area contributed by atoms with Gasteiger partial charge in [0.1, 0.15) is 11.6 Å². The molecule has 0 saturated heterocycles. The lowest BCUT2D eigenvalue weighted by Crippen LogP contribution is -2.14. The van der Waals surface area contributed by atoms with E-state index in [-0.39, 0.29) is 16.9 Å². The van der Waals surface area contributed by atoms with E-state index in [1.54, 1.807) is 0 Å². The first kappa shape index (κ1) is 15.3. The molecule has 0 aromatic heterocycles. The molecule has 108 valence electrons. The molecule has 0 unspecified atom stereocenters. The Morgan fingerprint density at radius 2 is 1.90 bits per heavy atom. The summed E-state index contributed by atoms with van der Waals surface area (Å²) in [6.45, 7) is 0. The van der Waals surface area contributed by atoms with Crippen LogP contribution < -0.4 is 5.32 Å². The zero-order chi connectivity index (χ0) is 15.6. The number of hydrogen-bond donors (Lipinski definition) is 1. The van der Waals surface area contributed by atoms with Crippen molar-refractivity contribution >= 4 is 39.9 Å². The van der Waals surface area contributed by atoms with Crippen LogP contribution in [0.1, 0.15) is 10.4 Å². The highest BCUT2D eigenvalue weighted by Gasteiger charge is 2.17. The van der Waals surface area contributed by atoms with Crippen molar-refractivity contribution < 1.29 is 18.5 Å². The number of nitro groups is 1. The lowest BCUT2D eigenvalue weighted by atomic mass is 10.2. The third kappa shape index (κ3) is 3.51. The van der Waals surface area contributed by atoms with E-state index >= 15 is 0 Å². The molecule has 0 aliphatic heterocycles. The Morgan fingerprint density at radius 1 is 1.19 bits per heavy atom. The average Bonchev–Trinajstić information content (AvgIpc) is 2.42. The molecule has 21 heavy (non-hydrogen) atoms. The zero-order valence-corrected chi connectivity index (χ0v) is 12.4. The summed E-state index contributed by atoms with van der Waals surface area (Å²) in [5.41, 5.74) is -0.419. The van der Waals surface area contributed by atoms with Crippen molar-refractivity contribution in [3.63, 3.8) is 0 Å². The van der Waals surface area contributed by atoms with Gasteiger partial charge in [-0.2, -0.15) is 0 Å². The normalized spacial score (nSPS) is 10.2. The fourth-order valence-electron chi connectivity index (χ4n) is 1.58. The number of rotatable bonds is 3. The van der Waals surface area contributed by atoms with Crippen LogP contribution >= 0.6 is 22.6 Å². The van der Waals surface area contributed by atoms with E-state index in [4.69, 9.17) is 0 Å². The predicted octanol–water partition coefficient (Wildman–Crippen LogP) is 3.73. The van der Waals surface area contributed by atoms with Crippen molar-refractivity contribution in [1.29, 1.82) is 0 Å². The number of nitro benzene ring substituents is 1. The number of anilines is 1. The van der Waals surface area contributed by atoms with Gasteiger partial charge in [-0.15, -0.1) is 0 Å². The molecule has 0 heterocycles. The quantitative estimate of drug-likeness (QED) is 0.482. The number of carbonyl (C=O) groups is 1. The number of amides is 1. The molecule has 8 heteroatoms. The molecule has 0 aliphatic carbocycles. The van der Waals surface area contributed by atoms with Crippen molar-refractivity contribution in [3.05, 3.63) is 67.3 Å². The lowest BCUT2D eigenvalue weighted by Gasteiger charge is -2.08. The van der Waals surface area contributed by atoms with Crippen LogP contribution in [0.25, 0.3) is 0 Å². The first-order chi connectivity index (χ1) is 9.88. The van der Waals surface area contributed by atoms with Gasteiger partial charge in [-0.25, -0.2) is 8.78 Å². The van der Waals surface area contributed by atoms with Crippen LogP contribution in [0, 0.1) is 25.3 Å². The highest BCUT2D eigenvalue weighted by atomic mass is 127. The molecule has 5 nitrogen and oxygen atoms in total. The monoisotopic (exact) mass is 404 g/mol. The van der Waals surface area contributed by atoms with Gasteiger partial charge < -0.3 is 5.32 Å². The highest BCUT2D eigenvalue weighted by molar-refractivity contribution is 14.1. The van der Waals surface area contributed by atoms with Gasteiger partial charge in [-0.1, -0.05) is 0 Å². The van der Waals surface area contributed by atoms with E-state index in [2.05, 4.69) is 5.32 Å². The maximum atomic E-state index is 13.5. The van der Waals surface area contributed by atoms with Gasteiger partial charge in [0, 0.05) is 21.8 Å². The Kier molecular flexibility index (Phi) is 4.46. The molecule has 0 bridgehead atoms. The smallest absolute Gasteiger partial charge is 0.270 e. The Bertz CT molecular complexity index is 737. The summed E-state index contributed by atoms with van der Waals surface area (Å²) in [6, 6.07) is 6.47. The second-order valence-electron chi connectivity index (χ2n) is 4.00. The first-order valence-electron chi connectivity index (χ1n) is 5.59. The van der Waals surface area contributed by atoms with Gasteiger partial charge in [0.05, 0.1) is 16.2 Å². The number of nitrogens with one attached hydrogen (secondary N) is 1. The SMILES string of the molecule is O=C(Nc1ccc(F)cc1F)c1cc([N+](=O)[O-])ccc1I. The van der Waals surface area contributed by atoms with Crippen molar-refractivity contribution in [3.8, 4) is 0 Å². The minimum atomic E-state index is -0.927. The maximum absolute atomic E-state index is 13.5. The van der Waals surface area contributed by atoms with Gasteiger partial charge in [-0.3, -0.25) is 14.9 Å². The second-order valence-corrected chi connectivity index (χ2v) is 5.16. The summed E-state index contributed by atoms with van der Waals surface area (Å²) >= 11 is 1.84. The van der Waals surface area contributed by atoms with Gasteiger partial charge in [0.2, 0.25) is 0 Å². The van der Waals surface area contributed by atoms with E-state index in [1.807, 2.05) is 22.6 Å². The molecule has 1 N–H and O–H groups in total. The summed E-state index contributed by atoms with van der Waals surface area (Å²) in [6.07, 6.45) is 0. The van der Waals surface area contributed by atoms with Crippen LogP contribution in [-0.2, 0) is 0 Å². The van der Waals surface area contributed by atoms with Gasteiger partial charge in [0.15, 0.2) is 0 Å². The molecule has 2 rings (SSSR count). The largest absolute Gasteiger partial charge is 0.319 e. The van der Waals surface area contributed by atoms with Crippen LogP contribution in [0.15, 0.2) is 36.4 Å². The van der Waals surface area contributed by atoms with Crippen molar-refractivity contribution in [2.24, 2.45) is 0 Å². The number of benzene rings is 2. The summed E-state index contributed by atoms with van der Waals surface area (Å²) in [5.74, 6) is -2.41. The summed E-state index contributed by atoms with van der Waals surface area (Å²) in [4.78, 5) is 22.1. The number of halogens is 3. The number of non-ortho nitro benzene ring substituents is 1. The molecule has 2 aromatic carbocycles. The minimum Gasteiger partial charge on any atom is -0.319 e. The number of carbonyl (C=O) groups excluding carboxylic acids is 1. The second kappa shape index (κ2) is 6.12. The van der Waals surface area contributed by atoms with E-state index in [9.17, 15) is 23.7 Å². The molecule has 0 aliphatic rings. The molecule has 0 spiro atoms. The summed E-state index contributed by atoms with van der Waals surface area (Å²) in [7, 11) is 0. The average molecular weight is 404 g/mol. The Morgan fingerprint density at radius 3 is 2.52 bits per heavy atom. The first-order valence-corrected chi connectivity index (χ1v) is 6.66. The summed E-state index contributed by atoms with van der Waals surface area (Å²) < 4.78 is 26.7. The van der Waals surface area contributed by atoms with E-state index in [0.717, 1.165) is 18.2 Å². The molecule has 0 atom stereocenters. The van der Waals surface area contributed by atoms with Gasteiger partial charge in [-0.05, 0) is 40.8 Å². The van der Waals surface area contributed by atoms with Crippen molar-refractivity contribution in [1.82, 2.24) is 0 Å². The van der Waals surface area contributed by atoms with Crippen LogP contribution in [-0.4, -0.2) is 10.8 Å². The topological polar surface area (TPSA) is 72.2 Å². The van der Waals surface area contributed by atoms with E-state index in [1.165, 1.54) is 12.1 Å². The molecular weight excluding hydrogens is 397 g/mol. The van der Waals surface area contributed by atoms with Crippen LogP contribution in [0.2, 0.25) is 0 Å². The third-order valence-corrected chi connectivity index (χ3v) is 3.53. The summed E-state index contributed by atoms with van der Waals surface area (Å²) in [5, 5.41) is 13.0. The lowest BCUT2D eigenvalue weighted by molar-refractivity contribution is -0.384. The minimum absolute atomic E-state index is 0.0357. The standard InChI is InChI=1S/C13H7F2IN2O3/c14-7-1-4-12(10(15)5-7)17-13(19)9-6-8(18(20)21)2-3-11(9)16/h1-6H,(H,17,19). The van der Waals surface area contributed by atoms with Crippen molar-refractivity contribution in [2.75, 3.05) is 5.32 Å². The van der Waals surface area contributed by atoms with Gasteiger partial charge in [0.25, 0.3) is 11.6 Å². The van der Waals surface area contributed by atoms with E-state index in [0.29, 0.717) is 9.64 Å². The van der Waals surface area contributed by atoms with E-state index < -0.39 is 22.5 Å². The zero-order valence-electron chi connectivity index (χ0n) is 10.3. The molecule has 1 amide bonds. The van der Waals surface area contributed by atoms with Crippen LogP contribution in [0.4, 0.5) is 20.2 Å². The van der Waals surface area contributed by atoms with Gasteiger partial charge >= 0.3 is 0 Å². The Hall–Kier alpha value is -2.10. The van der Waals surface area contributed by atoms with Crippen molar-refractivity contribution in [2.45, 2.75) is 0 Å². The maximum Gasteiger partial charge on any atom is 0.270 e. The Balaban J connectivity index is 2.32. The number of hydrogen-bond acceptors (Lipinski definition) is 3.